The fourth-order valence-corrected chi connectivity index (χ4v) is 7.08. The molecule has 1 saturated heterocycles. The van der Waals surface area contributed by atoms with Crippen LogP contribution in [0.15, 0.2) is 21.6 Å². The van der Waals surface area contributed by atoms with Crippen molar-refractivity contribution in [3.8, 4) is 0 Å². The van der Waals surface area contributed by atoms with Crippen molar-refractivity contribution in [2.45, 2.75) is 23.5 Å². The number of carboxylic acid groups (broad SMARTS) is 1. The molecule has 2 aliphatic rings. The molecule has 0 spiro atoms. The molecule has 15 nitrogen and oxygen atoms in total. The monoisotopic (exact) mass is 590 g/mol. The number of nitrogens with one attached hydrogen (secondary N) is 1. The number of aryl methyl sites for hydroxylation is 1. The Morgan fingerprint density at radius 3 is 2.84 bits per heavy atom. The van der Waals surface area contributed by atoms with E-state index in [0.29, 0.717) is 21.4 Å². The number of rotatable bonds is 8. The number of β-lactam (4-membered cyclic amide) rings is 1. The van der Waals surface area contributed by atoms with Gasteiger partial charge in [0.2, 0.25) is 21.7 Å². The van der Waals surface area contributed by atoms with Gasteiger partial charge in [-0.25, -0.2) is 0 Å². The van der Waals surface area contributed by atoms with Gasteiger partial charge >= 0.3 is 29.6 Å². The number of anilines is 1. The standard InChI is InChI=1S/C17H16N10O5S4.Na/c1-5-23-27-16(21-22-17(27)35-5)34-4-6-3-33-13-8(12(29)26(13)9(6)14(30)31)19-11(28)7(24-32-2)10-20-15(18)36-25-10;/h8,13H,3-4H2,1-2H3,(H,19,28)(H,30,31)(H2,18,20,25);/q;+1/p-1/b24-7-;/t8-,13-;/m1./s1. The van der Waals surface area contributed by atoms with Crippen LogP contribution in [0.3, 0.4) is 0 Å². The van der Waals surface area contributed by atoms with Crippen LogP contribution in [-0.2, 0) is 19.2 Å². The summed E-state index contributed by atoms with van der Waals surface area (Å²) in [5.41, 5.74) is 5.59. The van der Waals surface area contributed by atoms with Crippen LogP contribution in [0.4, 0.5) is 5.13 Å². The van der Waals surface area contributed by atoms with Crippen molar-refractivity contribution < 1.29 is 53.9 Å². The zero-order chi connectivity index (χ0) is 25.6. The second-order valence-corrected chi connectivity index (χ2v) is 11.3. The molecule has 2 aliphatic heterocycles. The van der Waals surface area contributed by atoms with Crippen molar-refractivity contribution in [1.29, 1.82) is 0 Å². The quantitative estimate of drug-likeness (QED) is 0.0835. The van der Waals surface area contributed by atoms with Gasteiger partial charge in [0.25, 0.3) is 11.8 Å². The molecule has 5 rings (SSSR count). The van der Waals surface area contributed by atoms with E-state index in [-0.39, 0.29) is 57.7 Å². The van der Waals surface area contributed by atoms with E-state index < -0.39 is 29.2 Å². The summed E-state index contributed by atoms with van der Waals surface area (Å²) in [5, 5.41) is 31.5. The Balaban J connectivity index is 0.00000320. The third-order valence-electron chi connectivity index (χ3n) is 5.02. The van der Waals surface area contributed by atoms with Crippen LogP contribution in [0.1, 0.15) is 10.8 Å². The Bertz CT molecular complexity index is 1450. The molecule has 188 valence electrons. The zero-order valence-electron chi connectivity index (χ0n) is 19.4. The van der Waals surface area contributed by atoms with Gasteiger partial charge in [0.1, 0.15) is 23.5 Å². The first-order chi connectivity index (χ1) is 17.3. The van der Waals surface area contributed by atoms with Gasteiger partial charge < -0.3 is 25.8 Å². The predicted molar refractivity (Wildman–Crippen MR) is 129 cm³/mol. The summed E-state index contributed by atoms with van der Waals surface area (Å²) in [6.07, 6.45) is 0. The van der Waals surface area contributed by atoms with Crippen molar-refractivity contribution >= 4 is 80.0 Å². The number of aromatic nitrogens is 6. The van der Waals surface area contributed by atoms with Gasteiger partial charge in [-0.05, 0) is 12.5 Å². The minimum Gasteiger partial charge on any atom is -0.543 e. The van der Waals surface area contributed by atoms with E-state index in [2.05, 4.69) is 35.1 Å². The number of carbonyl (C=O) groups is 3. The number of hydrogen-bond acceptors (Lipinski definition) is 16. The van der Waals surface area contributed by atoms with Crippen LogP contribution < -0.4 is 45.7 Å². The molecule has 0 unspecified atom stereocenters. The molecule has 1 fully saturated rings. The third kappa shape index (κ3) is 5.20. The number of thioether (sulfide) groups is 2. The smallest absolute Gasteiger partial charge is 0.543 e. The van der Waals surface area contributed by atoms with E-state index in [4.69, 9.17) is 10.6 Å². The first-order valence-corrected chi connectivity index (χ1v) is 13.6. The number of oxime groups is 1. The Morgan fingerprint density at radius 1 is 1.38 bits per heavy atom. The zero-order valence-corrected chi connectivity index (χ0v) is 24.7. The number of nitrogens with two attached hydrogens (primary N) is 1. The molecule has 20 heteroatoms. The molecule has 0 saturated carbocycles. The van der Waals surface area contributed by atoms with Gasteiger partial charge in [0.15, 0.2) is 5.13 Å². The van der Waals surface area contributed by atoms with Gasteiger partial charge in [-0.3, -0.25) is 14.5 Å². The van der Waals surface area contributed by atoms with Gasteiger partial charge in [0.05, 0.1) is 11.7 Å². The molecule has 0 bridgehead atoms. The molecule has 37 heavy (non-hydrogen) atoms. The summed E-state index contributed by atoms with van der Waals surface area (Å²) in [4.78, 5) is 48.1. The molecule has 0 radical (unpaired) electrons. The van der Waals surface area contributed by atoms with Crippen LogP contribution >= 0.6 is 46.4 Å². The predicted octanol–water partition coefficient (Wildman–Crippen LogP) is -4.52. The molecule has 0 aromatic carbocycles. The largest absolute Gasteiger partial charge is 1.00 e. The van der Waals surface area contributed by atoms with Crippen LogP contribution in [0, 0.1) is 6.92 Å². The second kappa shape index (κ2) is 11.2. The number of nitrogens with zero attached hydrogens (tertiary/aromatic N) is 8. The minimum atomic E-state index is -1.48. The number of amides is 2. The van der Waals surface area contributed by atoms with E-state index in [9.17, 15) is 19.5 Å². The summed E-state index contributed by atoms with van der Waals surface area (Å²) in [6.45, 7) is 1.85. The molecule has 3 aromatic rings. The Kier molecular flexibility index (Phi) is 8.41. The topological polar surface area (TPSA) is 206 Å². The van der Waals surface area contributed by atoms with Crippen molar-refractivity contribution in [3.63, 3.8) is 0 Å². The van der Waals surface area contributed by atoms with Gasteiger partial charge in [-0.2, -0.15) is 19.0 Å². The first-order valence-electron chi connectivity index (χ1n) is 9.99. The Morgan fingerprint density at radius 2 is 2.16 bits per heavy atom. The fourth-order valence-electron chi connectivity index (χ4n) is 3.54. The van der Waals surface area contributed by atoms with E-state index in [1.54, 1.807) is 4.52 Å². The molecule has 2 atom stereocenters. The Labute approximate surface area is 246 Å². The van der Waals surface area contributed by atoms with Crippen molar-refractivity contribution in [2.75, 3.05) is 24.3 Å². The SMILES string of the molecule is CO/N=C(\C(=O)N[C@@H]1C(=O)N2C(C(=O)[O-])=C(CSc3nnc4sc(C)nn34)CS[C@H]12)c1nsc(N)n1.[Na+]. The van der Waals surface area contributed by atoms with E-state index in [1.165, 1.54) is 42.0 Å². The average Bonchev–Trinajstić information content (AvgIpc) is 3.54. The molecular formula is C17H15N10NaO5S4. The summed E-state index contributed by atoms with van der Waals surface area (Å²) in [6, 6.07) is -0.988. The second-order valence-electron chi connectivity index (χ2n) is 7.27. The van der Waals surface area contributed by atoms with E-state index in [0.717, 1.165) is 21.4 Å². The van der Waals surface area contributed by atoms with Gasteiger partial charge in [-0.15, -0.1) is 22.0 Å². The van der Waals surface area contributed by atoms with Crippen LogP contribution in [0.2, 0.25) is 0 Å². The van der Waals surface area contributed by atoms with Gasteiger partial charge in [0, 0.05) is 23.0 Å². The van der Waals surface area contributed by atoms with E-state index >= 15 is 0 Å². The number of aliphatic carboxylic acids is 1. The molecule has 3 aromatic heterocycles. The van der Waals surface area contributed by atoms with Crippen LogP contribution in [0.5, 0.6) is 0 Å². The van der Waals surface area contributed by atoms with Crippen molar-refractivity contribution in [3.05, 3.63) is 22.1 Å². The Hall–Kier alpha value is -2.29. The molecule has 3 N–H and O–H groups in total. The number of fused-ring (bicyclic) bond motifs is 2. The molecule has 2 amide bonds. The van der Waals surface area contributed by atoms with Crippen LogP contribution in [0.25, 0.3) is 4.96 Å². The van der Waals surface area contributed by atoms with Crippen molar-refractivity contribution in [2.24, 2.45) is 5.16 Å². The summed E-state index contributed by atoms with van der Waals surface area (Å²) in [5.74, 6) is -2.34. The minimum absolute atomic E-state index is 0. The number of nitrogen functional groups attached to an aromatic ring is 1. The first kappa shape index (κ1) is 27.7. The molecule has 0 aliphatic carbocycles. The van der Waals surface area contributed by atoms with Crippen molar-refractivity contribution in [1.82, 2.24) is 39.4 Å². The average molecular weight is 591 g/mol. The van der Waals surface area contributed by atoms with Crippen LogP contribution in [-0.4, -0.2) is 87.6 Å². The third-order valence-corrected chi connectivity index (χ3v) is 8.72. The number of carbonyl (C=O) groups excluding carboxylic acids is 3. The molecule has 5 heterocycles. The summed E-state index contributed by atoms with van der Waals surface area (Å²) in [7, 11) is 1.24. The van der Waals surface area contributed by atoms with E-state index in [1.807, 2.05) is 6.92 Å². The summed E-state index contributed by atoms with van der Waals surface area (Å²) < 4.78 is 5.53. The maximum Gasteiger partial charge on any atom is 1.00 e. The fraction of sp³-hybridized carbons (Fsp3) is 0.353. The molecular weight excluding hydrogens is 576 g/mol. The maximum absolute atomic E-state index is 12.9. The van der Waals surface area contributed by atoms with Gasteiger partial charge in [-0.1, -0.05) is 28.3 Å². The summed E-state index contributed by atoms with van der Waals surface area (Å²) >= 11 is 4.83. The maximum atomic E-state index is 12.9. The number of hydrogen-bond donors (Lipinski definition) is 2. The normalized spacial score (nSPS) is 19.4. The number of carboxylic acids is 1.